The van der Waals surface area contributed by atoms with Gasteiger partial charge in [0.25, 0.3) is 5.69 Å². The number of aromatic nitrogens is 1. The summed E-state index contributed by atoms with van der Waals surface area (Å²) in [6.07, 6.45) is 1.59. The molecule has 1 aromatic heterocycles. The summed E-state index contributed by atoms with van der Waals surface area (Å²) < 4.78 is 0. The van der Waals surface area contributed by atoms with E-state index in [0.29, 0.717) is 5.13 Å². The lowest BCUT2D eigenvalue weighted by atomic mass is 10.1. The molecule has 0 spiro atoms. The molecule has 0 amide bonds. The van der Waals surface area contributed by atoms with E-state index in [0.717, 1.165) is 16.8 Å². The van der Waals surface area contributed by atoms with E-state index < -0.39 is 4.92 Å². The van der Waals surface area contributed by atoms with Gasteiger partial charge in [0.1, 0.15) is 0 Å². The Hall–Kier alpha value is -3.06. The average Bonchev–Trinajstić information content (AvgIpc) is 3.05. The van der Waals surface area contributed by atoms with E-state index >= 15 is 0 Å². The number of non-ortho nitro benzene ring substituents is 1. The molecular weight excluding hydrogens is 324 g/mol. The molecule has 24 heavy (non-hydrogen) atoms. The molecule has 120 valence electrons. The fraction of sp³-hybridized carbons (Fsp3) is 0.0588. The Morgan fingerprint density at radius 2 is 1.88 bits per heavy atom. The predicted molar refractivity (Wildman–Crippen MR) is 96.6 cm³/mol. The van der Waals surface area contributed by atoms with Crippen molar-refractivity contribution in [1.29, 1.82) is 0 Å². The van der Waals surface area contributed by atoms with Crippen molar-refractivity contribution in [2.45, 2.75) is 6.92 Å². The SMILES string of the molecule is Cc1ccc(-c2csc(N/N=C\c3ccc([N+](=O)[O-])cc3)n2)cc1. The molecule has 1 N–H and O–H groups in total. The number of nitro benzene ring substituents is 1. The smallest absolute Gasteiger partial charge is 0.258 e. The number of thiazole rings is 1. The fourth-order valence-corrected chi connectivity index (χ4v) is 2.69. The second-order valence-corrected chi connectivity index (χ2v) is 5.98. The summed E-state index contributed by atoms with van der Waals surface area (Å²) in [5, 5.41) is 17.4. The van der Waals surface area contributed by atoms with E-state index in [9.17, 15) is 10.1 Å². The average molecular weight is 338 g/mol. The first-order valence-electron chi connectivity index (χ1n) is 7.18. The van der Waals surface area contributed by atoms with Gasteiger partial charge < -0.3 is 0 Å². The number of hydrogen-bond donors (Lipinski definition) is 1. The third-order valence-electron chi connectivity index (χ3n) is 3.33. The van der Waals surface area contributed by atoms with Gasteiger partial charge in [-0.25, -0.2) is 4.98 Å². The highest BCUT2D eigenvalue weighted by Crippen LogP contribution is 2.25. The quantitative estimate of drug-likeness (QED) is 0.423. The maximum absolute atomic E-state index is 10.6. The van der Waals surface area contributed by atoms with Crippen LogP contribution in [-0.4, -0.2) is 16.1 Å². The van der Waals surface area contributed by atoms with Gasteiger partial charge in [0, 0.05) is 23.1 Å². The molecule has 0 aliphatic carbocycles. The lowest BCUT2D eigenvalue weighted by Crippen LogP contribution is -1.91. The van der Waals surface area contributed by atoms with Crippen LogP contribution in [0.4, 0.5) is 10.8 Å². The molecule has 1 heterocycles. The van der Waals surface area contributed by atoms with Crippen LogP contribution in [0.15, 0.2) is 59.0 Å². The third kappa shape index (κ3) is 3.82. The molecule has 0 radical (unpaired) electrons. The molecule has 7 heteroatoms. The van der Waals surface area contributed by atoms with Crippen molar-refractivity contribution in [2.24, 2.45) is 5.10 Å². The topological polar surface area (TPSA) is 80.4 Å². The highest BCUT2D eigenvalue weighted by atomic mass is 32.1. The number of nitro groups is 1. The number of hydrazone groups is 1. The van der Waals surface area contributed by atoms with Crippen LogP contribution in [0.2, 0.25) is 0 Å². The van der Waals surface area contributed by atoms with E-state index in [2.05, 4.69) is 27.6 Å². The molecule has 0 unspecified atom stereocenters. The molecule has 0 fully saturated rings. The molecule has 0 aliphatic heterocycles. The molecule has 0 saturated carbocycles. The Labute approximate surface area is 142 Å². The third-order valence-corrected chi connectivity index (χ3v) is 4.08. The van der Waals surface area contributed by atoms with E-state index in [1.54, 1.807) is 18.3 Å². The maximum Gasteiger partial charge on any atom is 0.269 e. The molecular formula is C17H14N4O2S. The lowest BCUT2D eigenvalue weighted by Gasteiger charge is -1.97. The van der Waals surface area contributed by atoms with Gasteiger partial charge in [-0.2, -0.15) is 5.10 Å². The first kappa shape index (κ1) is 15.8. The van der Waals surface area contributed by atoms with Crippen molar-refractivity contribution in [3.63, 3.8) is 0 Å². The van der Waals surface area contributed by atoms with Crippen LogP contribution in [0.5, 0.6) is 0 Å². The molecule has 3 rings (SSSR count). The number of hydrogen-bond acceptors (Lipinski definition) is 6. The normalized spacial score (nSPS) is 10.9. The standard InChI is InChI=1S/C17H14N4O2S/c1-12-2-6-14(7-3-12)16-11-24-17(19-16)20-18-10-13-4-8-15(9-5-13)21(22)23/h2-11H,1H3,(H,19,20)/b18-10-. The number of rotatable bonds is 5. The minimum Gasteiger partial charge on any atom is -0.258 e. The molecule has 2 aromatic carbocycles. The lowest BCUT2D eigenvalue weighted by molar-refractivity contribution is -0.384. The van der Waals surface area contributed by atoms with Crippen LogP contribution in [-0.2, 0) is 0 Å². The summed E-state index contributed by atoms with van der Waals surface area (Å²) in [4.78, 5) is 14.7. The molecule has 0 saturated heterocycles. The Kier molecular flexibility index (Phi) is 4.62. The molecule has 6 nitrogen and oxygen atoms in total. The Bertz CT molecular complexity index is 870. The van der Waals surface area contributed by atoms with Crippen LogP contribution < -0.4 is 5.43 Å². The number of benzene rings is 2. The fourth-order valence-electron chi connectivity index (χ4n) is 2.03. The van der Waals surface area contributed by atoms with Gasteiger partial charge in [0.2, 0.25) is 5.13 Å². The van der Waals surface area contributed by atoms with E-state index in [-0.39, 0.29) is 5.69 Å². The Morgan fingerprint density at radius 3 is 2.54 bits per heavy atom. The zero-order valence-corrected chi connectivity index (χ0v) is 13.7. The first-order chi connectivity index (χ1) is 11.6. The summed E-state index contributed by atoms with van der Waals surface area (Å²) in [5.41, 5.74) is 6.86. The van der Waals surface area contributed by atoms with E-state index in [4.69, 9.17) is 0 Å². The van der Waals surface area contributed by atoms with Crippen molar-refractivity contribution in [1.82, 2.24) is 4.98 Å². The van der Waals surface area contributed by atoms with Gasteiger partial charge in [-0.1, -0.05) is 29.8 Å². The van der Waals surface area contributed by atoms with Crippen molar-refractivity contribution < 1.29 is 4.92 Å². The van der Waals surface area contributed by atoms with Crippen molar-refractivity contribution in [2.75, 3.05) is 5.43 Å². The minimum absolute atomic E-state index is 0.0581. The van der Waals surface area contributed by atoms with Gasteiger partial charge in [-0.05, 0) is 24.6 Å². The van der Waals surface area contributed by atoms with Crippen LogP contribution >= 0.6 is 11.3 Å². The van der Waals surface area contributed by atoms with Gasteiger partial charge in [-0.15, -0.1) is 11.3 Å². The maximum atomic E-state index is 10.6. The van der Waals surface area contributed by atoms with Crippen molar-refractivity contribution >= 4 is 28.4 Å². The van der Waals surface area contributed by atoms with Crippen LogP contribution in [0.25, 0.3) is 11.3 Å². The highest BCUT2D eigenvalue weighted by Gasteiger charge is 2.04. The summed E-state index contributed by atoms with van der Waals surface area (Å²) in [7, 11) is 0. The first-order valence-corrected chi connectivity index (χ1v) is 8.06. The van der Waals surface area contributed by atoms with Crippen LogP contribution in [0, 0.1) is 17.0 Å². The highest BCUT2D eigenvalue weighted by molar-refractivity contribution is 7.14. The monoisotopic (exact) mass is 338 g/mol. The van der Waals surface area contributed by atoms with Crippen molar-refractivity contribution in [3.05, 3.63) is 75.2 Å². The zero-order chi connectivity index (χ0) is 16.9. The van der Waals surface area contributed by atoms with Gasteiger partial charge in [0.15, 0.2) is 0 Å². The molecule has 0 aliphatic rings. The van der Waals surface area contributed by atoms with Crippen molar-refractivity contribution in [3.8, 4) is 11.3 Å². The predicted octanol–water partition coefficient (Wildman–Crippen LogP) is 4.47. The number of nitrogens with one attached hydrogen (secondary N) is 1. The largest absolute Gasteiger partial charge is 0.269 e. The summed E-state index contributed by atoms with van der Waals surface area (Å²) in [5.74, 6) is 0. The van der Waals surface area contributed by atoms with Crippen LogP contribution in [0.3, 0.4) is 0 Å². The molecule has 0 bridgehead atoms. The second-order valence-electron chi connectivity index (χ2n) is 5.12. The number of nitrogens with zero attached hydrogens (tertiary/aromatic N) is 3. The van der Waals surface area contributed by atoms with E-state index in [1.165, 1.54) is 29.0 Å². The van der Waals surface area contributed by atoms with Gasteiger partial charge in [-0.3, -0.25) is 15.5 Å². The van der Waals surface area contributed by atoms with Gasteiger partial charge >= 0.3 is 0 Å². The van der Waals surface area contributed by atoms with E-state index in [1.807, 2.05) is 24.4 Å². The summed E-state index contributed by atoms with van der Waals surface area (Å²) in [6, 6.07) is 14.3. The Morgan fingerprint density at radius 1 is 1.17 bits per heavy atom. The second kappa shape index (κ2) is 7.01. The summed E-state index contributed by atoms with van der Waals surface area (Å²) in [6.45, 7) is 2.05. The molecule has 3 aromatic rings. The number of aryl methyl sites for hydroxylation is 1. The molecule has 0 atom stereocenters. The minimum atomic E-state index is -0.429. The van der Waals surface area contributed by atoms with Crippen LogP contribution in [0.1, 0.15) is 11.1 Å². The number of anilines is 1. The summed E-state index contributed by atoms with van der Waals surface area (Å²) >= 11 is 1.46. The zero-order valence-electron chi connectivity index (χ0n) is 12.8. The van der Waals surface area contributed by atoms with Gasteiger partial charge in [0.05, 0.1) is 16.8 Å². The Balaban J connectivity index is 1.64.